The maximum atomic E-state index is 12.8. The zero-order valence-electron chi connectivity index (χ0n) is 12.4. The van der Waals surface area contributed by atoms with Gasteiger partial charge in [0, 0.05) is 12.6 Å². The molecular weight excluding hydrogens is 308 g/mol. The van der Waals surface area contributed by atoms with E-state index >= 15 is 0 Å². The Morgan fingerprint density at radius 1 is 1.32 bits per heavy atom. The summed E-state index contributed by atoms with van der Waals surface area (Å²) >= 11 is 0. The van der Waals surface area contributed by atoms with Gasteiger partial charge >= 0.3 is 0 Å². The molecule has 0 spiro atoms. The van der Waals surface area contributed by atoms with Gasteiger partial charge < -0.3 is 14.8 Å². The number of rotatable bonds is 2. The van der Waals surface area contributed by atoms with Crippen LogP contribution in [0.2, 0.25) is 0 Å². The summed E-state index contributed by atoms with van der Waals surface area (Å²) in [7, 11) is -3.65. The van der Waals surface area contributed by atoms with Crippen molar-refractivity contribution in [2.24, 2.45) is 0 Å². The zero-order valence-corrected chi connectivity index (χ0v) is 13.2. The lowest BCUT2D eigenvalue weighted by Gasteiger charge is -2.35. The number of morpholine rings is 1. The molecule has 1 aromatic rings. The second-order valence-electron chi connectivity index (χ2n) is 5.56. The van der Waals surface area contributed by atoms with Crippen molar-refractivity contribution in [3.8, 4) is 5.75 Å². The molecule has 1 N–H and O–H groups in total. The summed E-state index contributed by atoms with van der Waals surface area (Å²) in [5.41, 5.74) is 0.381. The van der Waals surface area contributed by atoms with Crippen molar-refractivity contribution in [3.63, 3.8) is 0 Å². The predicted octanol–water partition coefficient (Wildman–Crippen LogP) is 0.815. The number of benzene rings is 1. The Bertz CT molecular complexity index is 703. The number of ether oxygens (including phenoxy) is 2. The number of carbonyl (C=O) groups is 1. The quantitative estimate of drug-likeness (QED) is 0.869. The minimum absolute atomic E-state index is 0.0584. The molecule has 1 fully saturated rings. The molecular formula is C14H18N2O5S. The van der Waals surface area contributed by atoms with E-state index in [1.54, 1.807) is 6.07 Å². The molecule has 1 saturated heterocycles. The number of nitrogens with one attached hydrogen (secondary N) is 1. The lowest BCUT2D eigenvalue weighted by molar-refractivity contribution is -0.118. The fourth-order valence-electron chi connectivity index (χ4n) is 2.57. The zero-order chi connectivity index (χ0) is 15.9. The third kappa shape index (κ3) is 2.69. The van der Waals surface area contributed by atoms with Gasteiger partial charge in [0.2, 0.25) is 10.0 Å². The molecule has 0 bridgehead atoms. The van der Waals surface area contributed by atoms with Crippen LogP contribution >= 0.6 is 0 Å². The van der Waals surface area contributed by atoms with Gasteiger partial charge in [0.05, 0.1) is 23.3 Å². The van der Waals surface area contributed by atoms with Crippen LogP contribution in [0.3, 0.4) is 0 Å². The molecule has 1 amide bonds. The Morgan fingerprint density at radius 3 is 2.86 bits per heavy atom. The summed E-state index contributed by atoms with van der Waals surface area (Å²) in [6.07, 6.45) is -0.147. The van der Waals surface area contributed by atoms with Crippen LogP contribution in [0.15, 0.2) is 23.1 Å². The third-order valence-electron chi connectivity index (χ3n) is 3.74. The SMILES string of the molecule is CC1CN(S(=O)(=O)c2ccc3c(c2)NC(=O)CO3)C(C)CO1. The largest absolute Gasteiger partial charge is 0.482 e. The van der Waals surface area contributed by atoms with E-state index in [4.69, 9.17) is 9.47 Å². The van der Waals surface area contributed by atoms with Gasteiger partial charge in [-0.3, -0.25) is 4.79 Å². The highest BCUT2D eigenvalue weighted by Gasteiger charge is 2.34. The van der Waals surface area contributed by atoms with Crippen LogP contribution in [0.4, 0.5) is 5.69 Å². The molecule has 0 saturated carbocycles. The minimum Gasteiger partial charge on any atom is -0.482 e. The highest BCUT2D eigenvalue weighted by atomic mass is 32.2. The molecule has 2 aliphatic rings. The van der Waals surface area contributed by atoms with Crippen LogP contribution in [-0.4, -0.2) is 50.5 Å². The summed E-state index contributed by atoms with van der Waals surface area (Å²) < 4.78 is 37.8. The van der Waals surface area contributed by atoms with Gasteiger partial charge in [0.1, 0.15) is 5.75 Å². The first-order valence-electron chi connectivity index (χ1n) is 7.08. The second kappa shape index (κ2) is 5.53. The molecule has 7 nitrogen and oxygen atoms in total. The lowest BCUT2D eigenvalue weighted by atomic mass is 10.2. The van der Waals surface area contributed by atoms with E-state index in [9.17, 15) is 13.2 Å². The van der Waals surface area contributed by atoms with Gasteiger partial charge in [-0.15, -0.1) is 0 Å². The van der Waals surface area contributed by atoms with Crippen molar-refractivity contribution in [1.29, 1.82) is 0 Å². The van der Waals surface area contributed by atoms with Crippen LogP contribution in [0, 0.1) is 0 Å². The van der Waals surface area contributed by atoms with E-state index in [0.29, 0.717) is 24.6 Å². The Kier molecular flexibility index (Phi) is 3.84. The average molecular weight is 326 g/mol. The normalized spacial score (nSPS) is 26.0. The second-order valence-corrected chi connectivity index (χ2v) is 7.45. The molecule has 2 heterocycles. The van der Waals surface area contributed by atoms with Crippen molar-refractivity contribution >= 4 is 21.6 Å². The van der Waals surface area contributed by atoms with Crippen molar-refractivity contribution in [2.75, 3.05) is 25.1 Å². The number of fused-ring (bicyclic) bond motifs is 1. The van der Waals surface area contributed by atoms with E-state index in [1.807, 2.05) is 13.8 Å². The summed E-state index contributed by atoms with van der Waals surface area (Å²) in [6, 6.07) is 4.27. The number of hydrogen-bond acceptors (Lipinski definition) is 5. The van der Waals surface area contributed by atoms with E-state index in [2.05, 4.69) is 5.32 Å². The Balaban J connectivity index is 1.95. The van der Waals surface area contributed by atoms with Crippen molar-refractivity contribution in [2.45, 2.75) is 30.9 Å². The highest BCUT2D eigenvalue weighted by molar-refractivity contribution is 7.89. The smallest absolute Gasteiger partial charge is 0.262 e. The van der Waals surface area contributed by atoms with Gasteiger partial charge in [-0.05, 0) is 32.0 Å². The first-order chi connectivity index (χ1) is 10.4. The molecule has 1 aromatic carbocycles. The average Bonchev–Trinajstić information content (AvgIpc) is 2.48. The van der Waals surface area contributed by atoms with Crippen LogP contribution in [0.5, 0.6) is 5.75 Å². The summed E-state index contributed by atoms with van der Waals surface area (Å²) in [4.78, 5) is 11.5. The molecule has 120 valence electrons. The topological polar surface area (TPSA) is 84.9 Å². The molecule has 3 rings (SSSR count). The van der Waals surface area contributed by atoms with Gasteiger partial charge in [-0.2, -0.15) is 4.31 Å². The number of amides is 1. The Labute approximate surface area is 129 Å². The summed E-state index contributed by atoms with van der Waals surface area (Å²) in [6.45, 7) is 4.27. The molecule has 0 radical (unpaired) electrons. The van der Waals surface area contributed by atoms with Crippen LogP contribution in [0.25, 0.3) is 0 Å². The third-order valence-corrected chi connectivity index (χ3v) is 5.72. The highest BCUT2D eigenvalue weighted by Crippen LogP contribution is 2.32. The van der Waals surface area contributed by atoms with E-state index < -0.39 is 10.0 Å². The molecule has 2 unspecified atom stereocenters. The first kappa shape index (κ1) is 15.3. The summed E-state index contributed by atoms with van der Waals surface area (Å²) in [5, 5.41) is 2.62. The molecule has 22 heavy (non-hydrogen) atoms. The van der Waals surface area contributed by atoms with E-state index in [-0.39, 0.29) is 29.6 Å². The number of anilines is 1. The molecule has 2 atom stereocenters. The minimum atomic E-state index is -3.65. The fourth-order valence-corrected chi connectivity index (χ4v) is 4.28. The number of sulfonamides is 1. The van der Waals surface area contributed by atoms with Crippen molar-refractivity contribution in [3.05, 3.63) is 18.2 Å². The Hall–Kier alpha value is -1.64. The predicted molar refractivity (Wildman–Crippen MR) is 79.3 cm³/mol. The van der Waals surface area contributed by atoms with E-state index in [1.165, 1.54) is 16.4 Å². The molecule has 0 aliphatic carbocycles. The number of carbonyl (C=O) groups excluding carboxylic acids is 1. The first-order valence-corrected chi connectivity index (χ1v) is 8.52. The number of nitrogens with zero attached hydrogens (tertiary/aromatic N) is 1. The van der Waals surface area contributed by atoms with Gasteiger partial charge in [0.25, 0.3) is 5.91 Å². The van der Waals surface area contributed by atoms with Crippen molar-refractivity contribution < 1.29 is 22.7 Å². The Morgan fingerprint density at radius 2 is 2.09 bits per heavy atom. The van der Waals surface area contributed by atoms with Crippen LogP contribution in [0.1, 0.15) is 13.8 Å². The maximum absolute atomic E-state index is 12.8. The van der Waals surface area contributed by atoms with Crippen LogP contribution in [-0.2, 0) is 19.6 Å². The number of hydrogen-bond donors (Lipinski definition) is 1. The monoisotopic (exact) mass is 326 g/mol. The van der Waals surface area contributed by atoms with Gasteiger partial charge in [-0.25, -0.2) is 8.42 Å². The maximum Gasteiger partial charge on any atom is 0.262 e. The summed E-state index contributed by atoms with van der Waals surface area (Å²) in [5.74, 6) is 0.178. The molecule has 0 aromatic heterocycles. The van der Waals surface area contributed by atoms with Crippen molar-refractivity contribution in [1.82, 2.24) is 4.31 Å². The van der Waals surface area contributed by atoms with Gasteiger partial charge in [0.15, 0.2) is 6.61 Å². The standard InChI is InChI=1S/C14H18N2O5S/c1-9-7-20-10(2)6-16(9)22(18,19)11-3-4-13-12(5-11)15-14(17)8-21-13/h3-5,9-10H,6-8H2,1-2H3,(H,15,17). The van der Waals surface area contributed by atoms with Crippen LogP contribution < -0.4 is 10.1 Å². The molecule has 8 heteroatoms. The van der Waals surface area contributed by atoms with Gasteiger partial charge in [-0.1, -0.05) is 0 Å². The molecule has 2 aliphatic heterocycles. The fraction of sp³-hybridized carbons (Fsp3) is 0.500. The lowest BCUT2D eigenvalue weighted by Crippen LogP contribution is -2.50. The van der Waals surface area contributed by atoms with E-state index in [0.717, 1.165) is 0 Å².